The van der Waals surface area contributed by atoms with E-state index in [1.54, 1.807) is 18.6 Å². The van der Waals surface area contributed by atoms with Crippen LogP contribution in [-0.4, -0.2) is 71.5 Å². The molecule has 1 aromatic rings. The first-order valence-electron chi connectivity index (χ1n) is 9.81. The van der Waals surface area contributed by atoms with E-state index in [1.165, 1.54) is 32.1 Å². The van der Waals surface area contributed by atoms with Crippen LogP contribution in [0, 0.1) is 11.8 Å². The third kappa shape index (κ3) is 3.94. The molecule has 0 aromatic carbocycles. The zero-order valence-corrected chi connectivity index (χ0v) is 15.0. The molecule has 0 bridgehead atoms. The minimum Gasteiger partial charge on any atom is -0.352 e. The Bertz CT molecular complexity index is 572. The maximum Gasteiger partial charge on any atom is 0.236 e. The number of fused-ring (bicyclic) bond motifs is 1. The van der Waals surface area contributed by atoms with E-state index in [-0.39, 0.29) is 0 Å². The van der Waals surface area contributed by atoms with Gasteiger partial charge in [0.25, 0.3) is 0 Å². The van der Waals surface area contributed by atoms with Crippen LogP contribution in [0.1, 0.15) is 32.1 Å². The molecule has 2 unspecified atom stereocenters. The largest absolute Gasteiger partial charge is 0.352 e. The average Bonchev–Trinajstić information content (AvgIpc) is 2.69. The van der Waals surface area contributed by atoms with Gasteiger partial charge in [0.1, 0.15) is 5.82 Å². The van der Waals surface area contributed by atoms with Crippen LogP contribution in [0.5, 0.6) is 0 Å². The van der Waals surface area contributed by atoms with Crippen molar-refractivity contribution in [3.8, 4) is 0 Å². The van der Waals surface area contributed by atoms with E-state index in [4.69, 9.17) is 0 Å². The highest BCUT2D eigenvalue weighted by Crippen LogP contribution is 2.35. The number of hydrogen-bond acceptors (Lipinski definition) is 5. The molecule has 1 aromatic heterocycles. The normalized spacial score (nSPS) is 27.8. The van der Waals surface area contributed by atoms with E-state index in [1.807, 2.05) is 4.90 Å². The van der Waals surface area contributed by atoms with Gasteiger partial charge in [-0.05, 0) is 31.2 Å². The van der Waals surface area contributed by atoms with E-state index in [9.17, 15) is 4.79 Å². The van der Waals surface area contributed by atoms with E-state index < -0.39 is 0 Å². The molecule has 1 aliphatic carbocycles. The minimum atomic E-state index is 0.299. The number of carbonyl (C=O) groups excluding carboxylic acids is 1. The molecule has 6 heteroatoms. The molecule has 2 aliphatic heterocycles. The number of aromatic nitrogens is 2. The van der Waals surface area contributed by atoms with Crippen molar-refractivity contribution in [2.75, 3.05) is 50.7 Å². The van der Waals surface area contributed by atoms with Gasteiger partial charge in [0.2, 0.25) is 5.91 Å². The zero-order valence-electron chi connectivity index (χ0n) is 15.0. The highest BCUT2D eigenvalue weighted by Gasteiger charge is 2.32. The number of likely N-dealkylation sites (tertiary alicyclic amines) is 1. The average molecular weight is 343 g/mol. The molecule has 4 rings (SSSR count). The Morgan fingerprint density at radius 1 is 1.00 bits per heavy atom. The molecule has 3 heterocycles. The minimum absolute atomic E-state index is 0.299. The smallest absolute Gasteiger partial charge is 0.236 e. The molecule has 6 nitrogen and oxygen atoms in total. The molecule has 2 saturated heterocycles. The van der Waals surface area contributed by atoms with Crippen LogP contribution in [-0.2, 0) is 4.79 Å². The first kappa shape index (κ1) is 16.8. The zero-order chi connectivity index (χ0) is 17.1. The highest BCUT2D eigenvalue weighted by molar-refractivity contribution is 5.78. The summed E-state index contributed by atoms with van der Waals surface area (Å²) in [4.78, 5) is 27.8. The molecule has 1 amide bonds. The number of rotatable bonds is 3. The molecular formula is C19H29N5O. The van der Waals surface area contributed by atoms with Gasteiger partial charge < -0.3 is 9.80 Å². The second-order valence-corrected chi connectivity index (χ2v) is 7.76. The third-order valence-corrected chi connectivity index (χ3v) is 6.24. The molecule has 3 fully saturated rings. The Morgan fingerprint density at radius 2 is 1.80 bits per heavy atom. The summed E-state index contributed by atoms with van der Waals surface area (Å²) in [5.41, 5.74) is 0. The van der Waals surface area contributed by atoms with E-state index in [0.29, 0.717) is 12.5 Å². The Hall–Kier alpha value is -1.69. The SMILES string of the molecule is O=C(CN1CCC2CCCCC2C1)N1CCN(c2cnccn2)CC1. The summed E-state index contributed by atoms with van der Waals surface area (Å²) >= 11 is 0. The molecule has 3 aliphatic rings. The topological polar surface area (TPSA) is 52.6 Å². The first-order valence-corrected chi connectivity index (χ1v) is 9.81. The standard InChI is InChI=1S/C19H29N5O/c25-19(15-22-8-5-16-3-1-2-4-17(16)14-22)24-11-9-23(10-12-24)18-13-20-6-7-21-18/h6-7,13,16-17H,1-5,8-12,14-15H2. The van der Waals surface area contributed by atoms with Gasteiger partial charge >= 0.3 is 0 Å². The number of piperazine rings is 1. The lowest BCUT2D eigenvalue weighted by Crippen LogP contribution is -2.53. The second kappa shape index (κ2) is 7.68. The van der Waals surface area contributed by atoms with Gasteiger partial charge in [0.15, 0.2) is 0 Å². The van der Waals surface area contributed by atoms with Gasteiger partial charge in [0, 0.05) is 45.1 Å². The maximum absolute atomic E-state index is 12.7. The molecule has 0 radical (unpaired) electrons. The quantitative estimate of drug-likeness (QED) is 0.835. The van der Waals surface area contributed by atoms with Gasteiger partial charge in [-0.15, -0.1) is 0 Å². The summed E-state index contributed by atoms with van der Waals surface area (Å²) in [5, 5.41) is 0. The lowest BCUT2D eigenvalue weighted by Gasteiger charge is -2.42. The van der Waals surface area contributed by atoms with Gasteiger partial charge in [-0.1, -0.05) is 19.3 Å². The van der Waals surface area contributed by atoms with Crippen molar-refractivity contribution >= 4 is 11.7 Å². The summed E-state index contributed by atoms with van der Waals surface area (Å²) in [6, 6.07) is 0. The molecule has 1 saturated carbocycles. The summed E-state index contributed by atoms with van der Waals surface area (Å²) in [6.45, 7) is 6.10. The van der Waals surface area contributed by atoms with Crippen molar-refractivity contribution in [2.24, 2.45) is 11.8 Å². The van der Waals surface area contributed by atoms with Crippen LogP contribution in [0.4, 0.5) is 5.82 Å². The second-order valence-electron chi connectivity index (χ2n) is 7.76. The van der Waals surface area contributed by atoms with E-state index in [2.05, 4.69) is 19.8 Å². The number of nitrogens with zero attached hydrogens (tertiary/aromatic N) is 5. The fourth-order valence-electron chi connectivity index (χ4n) is 4.75. The summed E-state index contributed by atoms with van der Waals surface area (Å²) in [5.74, 6) is 2.97. The van der Waals surface area contributed by atoms with Crippen LogP contribution in [0.3, 0.4) is 0 Å². The van der Waals surface area contributed by atoms with Crippen LogP contribution in [0.2, 0.25) is 0 Å². The van der Waals surface area contributed by atoms with E-state index in [0.717, 1.165) is 56.9 Å². The van der Waals surface area contributed by atoms with Crippen molar-refractivity contribution in [2.45, 2.75) is 32.1 Å². The van der Waals surface area contributed by atoms with E-state index >= 15 is 0 Å². The Labute approximate surface area is 150 Å². The van der Waals surface area contributed by atoms with Crippen molar-refractivity contribution in [3.05, 3.63) is 18.6 Å². The molecule has 0 spiro atoms. The number of carbonyl (C=O) groups is 1. The fraction of sp³-hybridized carbons (Fsp3) is 0.737. The predicted octanol–water partition coefficient (Wildman–Crippen LogP) is 1.64. The predicted molar refractivity (Wildman–Crippen MR) is 97.3 cm³/mol. The third-order valence-electron chi connectivity index (χ3n) is 6.24. The summed E-state index contributed by atoms with van der Waals surface area (Å²) in [7, 11) is 0. The van der Waals surface area contributed by atoms with Gasteiger partial charge in [-0.25, -0.2) is 4.98 Å². The Kier molecular flexibility index (Phi) is 5.15. The first-order chi connectivity index (χ1) is 12.3. The monoisotopic (exact) mass is 343 g/mol. The van der Waals surface area contributed by atoms with Gasteiger partial charge in [0.05, 0.1) is 12.7 Å². The van der Waals surface area contributed by atoms with Crippen LogP contribution in [0.25, 0.3) is 0 Å². The van der Waals surface area contributed by atoms with Crippen molar-refractivity contribution in [1.29, 1.82) is 0 Å². The molecule has 0 N–H and O–H groups in total. The van der Waals surface area contributed by atoms with Crippen molar-refractivity contribution in [3.63, 3.8) is 0 Å². The van der Waals surface area contributed by atoms with Crippen molar-refractivity contribution < 1.29 is 4.79 Å². The van der Waals surface area contributed by atoms with Gasteiger partial charge in [-0.3, -0.25) is 14.7 Å². The fourth-order valence-corrected chi connectivity index (χ4v) is 4.75. The molecule has 136 valence electrons. The van der Waals surface area contributed by atoms with Crippen LogP contribution >= 0.6 is 0 Å². The Balaban J connectivity index is 1.25. The number of amides is 1. The molecule has 25 heavy (non-hydrogen) atoms. The number of hydrogen-bond donors (Lipinski definition) is 0. The lowest BCUT2D eigenvalue weighted by atomic mass is 9.75. The van der Waals surface area contributed by atoms with Crippen LogP contribution < -0.4 is 4.90 Å². The number of piperidine rings is 1. The summed E-state index contributed by atoms with van der Waals surface area (Å²) < 4.78 is 0. The van der Waals surface area contributed by atoms with Crippen LogP contribution in [0.15, 0.2) is 18.6 Å². The molecule has 2 atom stereocenters. The number of anilines is 1. The highest BCUT2D eigenvalue weighted by atomic mass is 16.2. The maximum atomic E-state index is 12.7. The Morgan fingerprint density at radius 3 is 2.56 bits per heavy atom. The summed E-state index contributed by atoms with van der Waals surface area (Å²) in [6.07, 6.45) is 12.1. The molecular weight excluding hydrogens is 314 g/mol. The van der Waals surface area contributed by atoms with Crippen molar-refractivity contribution in [1.82, 2.24) is 19.8 Å². The lowest BCUT2D eigenvalue weighted by molar-refractivity contribution is -0.133. The van der Waals surface area contributed by atoms with Gasteiger partial charge in [-0.2, -0.15) is 0 Å².